The second kappa shape index (κ2) is 14.2. The summed E-state index contributed by atoms with van der Waals surface area (Å²) in [5.41, 5.74) is 3.35. The molecule has 2 amide bonds. The summed E-state index contributed by atoms with van der Waals surface area (Å²) < 4.78 is 55.2. The van der Waals surface area contributed by atoms with Crippen LogP contribution in [0.3, 0.4) is 0 Å². The lowest BCUT2D eigenvalue weighted by atomic mass is 9.68. The van der Waals surface area contributed by atoms with Crippen molar-refractivity contribution in [2.45, 2.75) is 56.5 Å². The van der Waals surface area contributed by atoms with Gasteiger partial charge in [-0.1, -0.05) is 29.8 Å². The first-order valence-electron chi connectivity index (χ1n) is 17.7. The van der Waals surface area contributed by atoms with Crippen LogP contribution in [-0.4, -0.2) is 98.4 Å². The molecule has 2 aromatic carbocycles. The van der Waals surface area contributed by atoms with Gasteiger partial charge in [-0.15, -0.1) is 0 Å². The quantitative estimate of drug-likeness (QED) is 0.400. The van der Waals surface area contributed by atoms with Crippen molar-refractivity contribution in [1.29, 1.82) is 0 Å². The van der Waals surface area contributed by atoms with Gasteiger partial charge < -0.3 is 19.3 Å². The third-order valence-corrected chi connectivity index (χ3v) is 15.3. The van der Waals surface area contributed by atoms with Crippen LogP contribution in [0.1, 0.15) is 60.0 Å². The van der Waals surface area contributed by atoms with Gasteiger partial charge in [0.05, 0.1) is 39.6 Å². The fraction of sp³-hybridized carbons (Fsp3) is 0.568. The number of fused-ring (bicyclic) bond motifs is 4. The first-order valence-corrected chi connectivity index (χ1v) is 21.8. The minimum Gasteiger partial charge on any atom is -0.490 e. The van der Waals surface area contributed by atoms with E-state index in [-0.39, 0.29) is 41.9 Å². The molecule has 50 heavy (non-hydrogen) atoms. The van der Waals surface area contributed by atoms with Gasteiger partial charge in [-0.25, -0.2) is 12.6 Å². The van der Waals surface area contributed by atoms with E-state index in [9.17, 15) is 22.2 Å². The molecule has 3 heterocycles. The van der Waals surface area contributed by atoms with Crippen molar-refractivity contribution >= 4 is 48.7 Å². The summed E-state index contributed by atoms with van der Waals surface area (Å²) >= 11 is 6.44. The number of halogens is 1. The number of ether oxygens (including phenoxy) is 2. The highest BCUT2D eigenvalue weighted by Gasteiger charge is 2.44. The van der Waals surface area contributed by atoms with Crippen LogP contribution in [0.4, 0.5) is 5.69 Å². The van der Waals surface area contributed by atoms with Crippen LogP contribution in [-0.2, 0) is 40.9 Å². The summed E-state index contributed by atoms with van der Waals surface area (Å²) in [7, 11) is -4.76. The first-order chi connectivity index (χ1) is 24.0. The number of anilines is 1. The van der Waals surface area contributed by atoms with E-state index in [2.05, 4.69) is 27.5 Å². The SMILES string of the molecule is CO[C@H]1/C=C/CCC[S@](=O)(CC(=O)N2CCS(=O)(=O)CC2)=NC(=O)c2ccc3c(c2)N(C[C@@H]2CC[C@H]21)C[C@@]1(CCCc2cc(Cl)ccc21)CO3. The fourth-order valence-electron chi connectivity index (χ4n) is 8.44. The summed E-state index contributed by atoms with van der Waals surface area (Å²) in [6, 6.07) is 11.5. The maximum absolute atomic E-state index is 14.4. The molecular formula is C37H46ClN3O7S2. The molecule has 13 heteroatoms. The molecule has 1 saturated carbocycles. The summed E-state index contributed by atoms with van der Waals surface area (Å²) in [6.07, 6.45) is 10.3. The molecule has 3 aliphatic heterocycles. The summed E-state index contributed by atoms with van der Waals surface area (Å²) in [4.78, 5) is 31.0. The predicted molar refractivity (Wildman–Crippen MR) is 195 cm³/mol. The Balaban J connectivity index is 1.26. The van der Waals surface area contributed by atoms with E-state index < -0.39 is 37.1 Å². The molecule has 0 N–H and O–H groups in total. The highest BCUT2D eigenvalue weighted by atomic mass is 35.5. The normalized spacial score (nSPS) is 31.6. The number of allylic oxidation sites excluding steroid dienone is 1. The number of nitrogens with zero attached hydrogens (tertiary/aromatic N) is 3. The number of benzene rings is 2. The van der Waals surface area contributed by atoms with Gasteiger partial charge in [0.2, 0.25) is 5.91 Å². The Morgan fingerprint density at radius 2 is 1.90 bits per heavy atom. The molecule has 2 bridgehead atoms. The third-order valence-electron chi connectivity index (χ3n) is 11.4. The smallest absolute Gasteiger partial charge is 0.285 e. The number of carbonyl (C=O) groups excluding carboxylic acids is 2. The Morgan fingerprint density at radius 1 is 1.08 bits per heavy atom. The molecule has 2 aromatic rings. The lowest BCUT2D eigenvalue weighted by molar-refractivity contribution is -0.128. The minimum atomic E-state index is -3.31. The molecule has 0 radical (unpaired) electrons. The largest absolute Gasteiger partial charge is 0.490 e. The maximum Gasteiger partial charge on any atom is 0.285 e. The van der Waals surface area contributed by atoms with Crippen LogP contribution in [0.15, 0.2) is 52.9 Å². The molecule has 1 saturated heterocycles. The van der Waals surface area contributed by atoms with Crippen molar-refractivity contribution in [3.05, 3.63) is 70.3 Å². The highest BCUT2D eigenvalue weighted by molar-refractivity contribution is 7.94. The van der Waals surface area contributed by atoms with E-state index in [0.717, 1.165) is 49.4 Å². The van der Waals surface area contributed by atoms with Crippen LogP contribution in [0.25, 0.3) is 0 Å². The van der Waals surface area contributed by atoms with Crippen LogP contribution >= 0.6 is 11.6 Å². The molecule has 0 unspecified atom stereocenters. The van der Waals surface area contributed by atoms with Gasteiger partial charge in [-0.05, 0) is 98.2 Å². The van der Waals surface area contributed by atoms with Crippen molar-refractivity contribution in [3.8, 4) is 5.75 Å². The zero-order chi connectivity index (χ0) is 35.1. The fourth-order valence-corrected chi connectivity index (χ4v) is 11.7. The van der Waals surface area contributed by atoms with E-state index in [1.165, 1.54) is 16.0 Å². The summed E-state index contributed by atoms with van der Waals surface area (Å²) in [5, 5.41) is 0.730. The van der Waals surface area contributed by atoms with Gasteiger partial charge in [0.15, 0.2) is 9.84 Å². The monoisotopic (exact) mass is 743 g/mol. The molecule has 270 valence electrons. The van der Waals surface area contributed by atoms with Gasteiger partial charge in [-0.3, -0.25) is 9.59 Å². The Morgan fingerprint density at radius 3 is 2.66 bits per heavy atom. The Labute approximate surface area is 300 Å². The topological polar surface area (TPSA) is 123 Å². The molecule has 7 rings (SSSR count). The van der Waals surface area contributed by atoms with Crippen molar-refractivity contribution in [3.63, 3.8) is 0 Å². The van der Waals surface area contributed by atoms with Gasteiger partial charge in [0.25, 0.3) is 5.91 Å². The van der Waals surface area contributed by atoms with Crippen LogP contribution in [0, 0.1) is 11.8 Å². The molecular weight excluding hydrogens is 698 g/mol. The molecule has 5 aliphatic rings. The Kier molecular flexibility index (Phi) is 10.1. The van der Waals surface area contributed by atoms with Crippen molar-refractivity contribution in [1.82, 2.24) is 4.90 Å². The number of carbonyl (C=O) groups is 2. The molecule has 10 nitrogen and oxygen atoms in total. The first kappa shape index (κ1) is 35.5. The Bertz CT molecular complexity index is 1910. The minimum absolute atomic E-state index is 0.0492. The van der Waals surface area contributed by atoms with Crippen LogP contribution < -0.4 is 9.64 Å². The number of hydrogen-bond acceptors (Lipinski definition) is 8. The van der Waals surface area contributed by atoms with Gasteiger partial charge in [0, 0.05) is 55.0 Å². The van der Waals surface area contributed by atoms with Gasteiger partial charge in [-0.2, -0.15) is 4.36 Å². The maximum atomic E-state index is 14.4. The third kappa shape index (κ3) is 7.36. The summed E-state index contributed by atoms with van der Waals surface area (Å²) in [6.45, 7) is 2.07. The van der Waals surface area contributed by atoms with Crippen LogP contribution in [0.5, 0.6) is 5.75 Å². The van der Waals surface area contributed by atoms with Gasteiger partial charge >= 0.3 is 0 Å². The number of methoxy groups -OCH3 is 1. The van der Waals surface area contributed by atoms with E-state index in [4.69, 9.17) is 21.1 Å². The molecule has 1 spiro atoms. The molecule has 5 atom stereocenters. The Hall–Kier alpha value is -2.93. The van der Waals surface area contributed by atoms with Crippen molar-refractivity contribution < 1.29 is 31.7 Å². The van der Waals surface area contributed by atoms with Crippen LogP contribution in [0.2, 0.25) is 5.02 Å². The average Bonchev–Trinajstić information content (AvgIpc) is 3.22. The molecule has 0 aromatic heterocycles. The zero-order valence-corrected chi connectivity index (χ0v) is 30.9. The number of sulfone groups is 1. The summed E-state index contributed by atoms with van der Waals surface area (Å²) in [5.74, 6) is -0.289. The number of amides is 2. The lowest BCUT2D eigenvalue weighted by Gasteiger charge is -2.46. The van der Waals surface area contributed by atoms with E-state index in [1.807, 2.05) is 24.3 Å². The van der Waals surface area contributed by atoms with Crippen molar-refractivity contribution in [2.24, 2.45) is 16.2 Å². The standard InChI is InChI=1S/C37H46ClN3O7S2/c1-47-33-7-3-2-4-17-49(44,23-35(42)40-15-18-50(45,46)19-16-40)39-36(43)27-9-13-34-32(21-27)41(22-28-8-11-30(28)33)24-37(25-48-34)14-5-6-26-20-29(38)10-12-31(26)37/h3,7,9-10,12-13,20-21,28,30,33H,2,4-6,8,11,14-19,22-25H2,1H3/b7-3+/t28-,30+,33-,37-,49-/m0/s1. The van der Waals surface area contributed by atoms with Gasteiger partial charge in [0.1, 0.15) is 11.5 Å². The number of aryl methyl sites for hydroxylation is 1. The van der Waals surface area contributed by atoms with E-state index in [1.54, 1.807) is 13.2 Å². The number of hydrogen-bond donors (Lipinski definition) is 0. The van der Waals surface area contributed by atoms with Crippen molar-refractivity contribution in [2.75, 3.05) is 67.8 Å². The van der Waals surface area contributed by atoms with E-state index in [0.29, 0.717) is 49.1 Å². The molecule has 2 aliphatic carbocycles. The highest BCUT2D eigenvalue weighted by Crippen LogP contribution is 2.47. The second-order valence-corrected chi connectivity index (χ2v) is 19.8. The lowest BCUT2D eigenvalue weighted by Crippen LogP contribution is -2.49. The molecule has 2 fully saturated rings. The van der Waals surface area contributed by atoms with E-state index >= 15 is 0 Å². The zero-order valence-electron chi connectivity index (χ0n) is 28.6. The average molecular weight is 744 g/mol. The number of rotatable bonds is 3. The predicted octanol–water partition coefficient (Wildman–Crippen LogP) is 5.07. The second-order valence-electron chi connectivity index (χ2n) is 14.6.